The lowest BCUT2D eigenvalue weighted by molar-refractivity contribution is 0.597. The molecule has 1 aromatic rings. The Morgan fingerprint density at radius 1 is 1.46 bits per heavy atom. The van der Waals surface area contributed by atoms with E-state index >= 15 is 0 Å². The number of benzene rings is 1. The Hall–Kier alpha value is 0.150. The fraction of sp³-hybridized carbons (Fsp3) is 0.143. The molecular weight excluding hydrogens is 325 g/mol. The zero-order chi connectivity index (χ0) is 10.1. The SMILES string of the molecule is NS(=O)(=O)Cc1cc(Cl)ccc1I. The van der Waals surface area contributed by atoms with Crippen molar-refractivity contribution in [2.24, 2.45) is 5.14 Å². The van der Waals surface area contributed by atoms with Crippen molar-refractivity contribution < 1.29 is 8.42 Å². The summed E-state index contributed by atoms with van der Waals surface area (Å²) in [5.41, 5.74) is 0.635. The molecule has 0 aromatic heterocycles. The van der Waals surface area contributed by atoms with Gasteiger partial charge in [0.2, 0.25) is 10.0 Å². The molecule has 0 radical (unpaired) electrons. The van der Waals surface area contributed by atoms with Crippen LogP contribution < -0.4 is 5.14 Å². The van der Waals surface area contributed by atoms with Crippen LogP contribution in [0.3, 0.4) is 0 Å². The second-order valence-electron chi connectivity index (χ2n) is 2.54. The van der Waals surface area contributed by atoms with Crippen LogP contribution in [0.5, 0.6) is 0 Å². The second-order valence-corrected chi connectivity index (χ2v) is 5.76. The highest BCUT2D eigenvalue weighted by atomic mass is 127. The normalized spacial score (nSPS) is 11.6. The van der Waals surface area contributed by atoms with E-state index in [4.69, 9.17) is 16.7 Å². The summed E-state index contributed by atoms with van der Waals surface area (Å²) < 4.78 is 22.4. The molecule has 6 heteroatoms. The number of hydrogen-bond donors (Lipinski definition) is 1. The first-order valence-corrected chi connectivity index (χ1v) is 6.50. The number of hydrogen-bond acceptors (Lipinski definition) is 2. The minimum Gasteiger partial charge on any atom is -0.228 e. The molecule has 1 aromatic carbocycles. The van der Waals surface area contributed by atoms with Crippen LogP contribution in [0, 0.1) is 3.57 Å². The summed E-state index contributed by atoms with van der Waals surface area (Å²) in [6.45, 7) is 0. The van der Waals surface area contributed by atoms with Crippen LogP contribution in [-0.4, -0.2) is 8.42 Å². The summed E-state index contributed by atoms with van der Waals surface area (Å²) >= 11 is 7.75. The van der Waals surface area contributed by atoms with Crippen LogP contribution in [0.2, 0.25) is 5.02 Å². The maximum absolute atomic E-state index is 10.8. The van der Waals surface area contributed by atoms with Crippen molar-refractivity contribution >= 4 is 44.2 Å². The molecule has 0 aliphatic heterocycles. The van der Waals surface area contributed by atoms with E-state index in [-0.39, 0.29) is 5.75 Å². The summed E-state index contributed by atoms with van der Waals surface area (Å²) in [6.07, 6.45) is 0. The first-order chi connectivity index (χ1) is 5.88. The van der Waals surface area contributed by atoms with Gasteiger partial charge in [-0.05, 0) is 46.4 Å². The lowest BCUT2D eigenvalue weighted by Crippen LogP contribution is -2.15. The smallest absolute Gasteiger partial charge is 0.213 e. The van der Waals surface area contributed by atoms with Gasteiger partial charge in [-0.2, -0.15) is 0 Å². The quantitative estimate of drug-likeness (QED) is 0.839. The molecule has 0 atom stereocenters. The lowest BCUT2D eigenvalue weighted by atomic mass is 10.2. The number of nitrogens with two attached hydrogens (primary N) is 1. The predicted octanol–water partition coefficient (Wildman–Crippen LogP) is 1.73. The number of sulfonamides is 1. The van der Waals surface area contributed by atoms with Crippen molar-refractivity contribution in [2.75, 3.05) is 0 Å². The predicted molar refractivity (Wildman–Crippen MR) is 61.0 cm³/mol. The molecule has 0 heterocycles. The van der Waals surface area contributed by atoms with Gasteiger partial charge in [0.05, 0.1) is 5.75 Å². The molecule has 2 N–H and O–H groups in total. The van der Waals surface area contributed by atoms with E-state index in [2.05, 4.69) is 0 Å². The molecule has 1 rings (SSSR count). The minimum absolute atomic E-state index is 0.175. The van der Waals surface area contributed by atoms with Crippen molar-refractivity contribution in [3.63, 3.8) is 0 Å². The van der Waals surface area contributed by atoms with Crippen LogP contribution in [0.25, 0.3) is 0 Å². The van der Waals surface area contributed by atoms with Gasteiger partial charge in [0.15, 0.2) is 0 Å². The molecule has 0 bridgehead atoms. The average Bonchev–Trinajstić information content (AvgIpc) is 1.94. The molecule has 0 amide bonds. The Balaban J connectivity index is 3.08. The Morgan fingerprint density at radius 3 is 2.62 bits per heavy atom. The van der Waals surface area contributed by atoms with Gasteiger partial charge in [-0.15, -0.1) is 0 Å². The third-order valence-corrected chi connectivity index (χ3v) is 3.37. The van der Waals surface area contributed by atoms with Gasteiger partial charge in [-0.1, -0.05) is 11.6 Å². The van der Waals surface area contributed by atoms with Crippen LogP contribution in [-0.2, 0) is 15.8 Å². The van der Waals surface area contributed by atoms with Gasteiger partial charge >= 0.3 is 0 Å². The van der Waals surface area contributed by atoms with Crippen molar-refractivity contribution in [1.82, 2.24) is 0 Å². The monoisotopic (exact) mass is 331 g/mol. The van der Waals surface area contributed by atoms with Crippen molar-refractivity contribution in [3.05, 3.63) is 32.4 Å². The molecule has 0 fully saturated rings. The van der Waals surface area contributed by atoms with Gasteiger partial charge in [-0.3, -0.25) is 0 Å². The van der Waals surface area contributed by atoms with Crippen molar-refractivity contribution in [1.29, 1.82) is 0 Å². The average molecular weight is 332 g/mol. The summed E-state index contributed by atoms with van der Waals surface area (Å²) in [7, 11) is -3.48. The fourth-order valence-electron chi connectivity index (χ4n) is 0.871. The Morgan fingerprint density at radius 2 is 2.08 bits per heavy atom. The molecule has 0 aliphatic rings. The van der Waals surface area contributed by atoms with E-state index < -0.39 is 10.0 Å². The Bertz CT molecular complexity index is 419. The van der Waals surface area contributed by atoms with Gasteiger partial charge in [0.25, 0.3) is 0 Å². The van der Waals surface area contributed by atoms with Crippen molar-refractivity contribution in [2.45, 2.75) is 5.75 Å². The number of rotatable bonds is 2. The minimum atomic E-state index is -3.48. The standard InChI is InChI=1S/C7H7ClINO2S/c8-6-1-2-7(9)5(3-6)4-13(10,11)12/h1-3H,4H2,(H2,10,11,12). The molecule has 0 saturated carbocycles. The van der Waals surface area contributed by atoms with Gasteiger partial charge in [0, 0.05) is 8.59 Å². The van der Waals surface area contributed by atoms with E-state index in [1.165, 1.54) is 0 Å². The molecule has 0 unspecified atom stereocenters. The maximum atomic E-state index is 10.8. The van der Waals surface area contributed by atoms with E-state index in [9.17, 15) is 8.42 Å². The molecule has 0 aliphatic carbocycles. The van der Waals surface area contributed by atoms with Crippen molar-refractivity contribution in [3.8, 4) is 0 Å². The third kappa shape index (κ3) is 3.80. The molecular formula is C7H7ClINO2S. The Kier molecular flexibility index (Phi) is 3.56. The molecule has 13 heavy (non-hydrogen) atoms. The molecule has 3 nitrogen and oxygen atoms in total. The maximum Gasteiger partial charge on any atom is 0.213 e. The molecule has 0 spiro atoms. The van der Waals surface area contributed by atoms with Crippen LogP contribution >= 0.6 is 34.2 Å². The van der Waals surface area contributed by atoms with Gasteiger partial charge in [-0.25, -0.2) is 13.6 Å². The van der Waals surface area contributed by atoms with E-state index in [0.717, 1.165) is 3.57 Å². The summed E-state index contributed by atoms with van der Waals surface area (Å²) in [5.74, 6) is -0.175. The van der Waals surface area contributed by atoms with E-state index in [1.807, 2.05) is 22.6 Å². The highest BCUT2D eigenvalue weighted by Crippen LogP contribution is 2.19. The number of halogens is 2. The Labute approximate surface area is 95.5 Å². The summed E-state index contributed by atoms with van der Waals surface area (Å²) in [4.78, 5) is 0. The van der Waals surface area contributed by atoms with E-state index in [1.54, 1.807) is 18.2 Å². The van der Waals surface area contributed by atoms with E-state index in [0.29, 0.717) is 10.6 Å². The van der Waals surface area contributed by atoms with Crippen LogP contribution in [0.1, 0.15) is 5.56 Å². The fourth-order valence-corrected chi connectivity index (χ4v) is 2.52. The van der Waals surface area contributed by atoms with Crippen LogP contribution in [0.4, 0.5) is 0 Å². The van der Waals surface area contributed by atoms with Gasteiger partial charge < -0.3 is 0 Å². The van der Waals surface area contributed by atoms with Gasteiger partial charge in [0.1, 0.15) is 0 Å². The topological polar surface area (TPSA) is 60.2 Å². The molecule has 72 valence electrons. The first kappa shape index (κ1) is 11.2. The van der Waals surface area contributed by atoms with Crippen LogP contribution in [0.15, 0.2) is 18.2 Å². The molecule has 0 saturated heterocycles. The summed E-state index contributed by atoms with van der Waals surface area (Å²) in [6, 6.07) is 5.06. The third-order valence-electron chi connectivity index (χ3n) is 1.36. The largest absolute Gasteiger partial charge is 0.228 e. The summed E-state index contributed by atoms with van der Waals surface area (Å²) in [5, 5.41) is 5.43. The first-order valence-electron chi connectivity index (χ1n) is 3.33. The highest BCUT2D eigenvalue weighted by Gasteiger charge is 2.08. The second kappa shape index (κ2) is 4.12. The number of primary sulfonamides is 1. The highest BCUT2D eigenvalue weighted by molar-refractivity contribution is 14.1. The zero-order valence-corrected chi connectivity index (χ0v) is 10.2. The lowest BCUT2D eigenvalue weighted by Gasteiger charge is -2.02. The zero-order valence-electron chi connectivity index (χ0n) is 6.50.